The molecule has 0 saturated carbocycles. The molecule has 26 heavy (non-hydrogen) atoms. The molecule has 0 aliphatic carbocycles. The lowest BCUT2D eigenvalue weighted by Crippen LogP contribution is -2.41. The van der Waals surface area contributed by atoms with E-state index in [-0.39, 0.29) is 11.8 Å². The average Bonchev–Trinajstić information content (AvgIpc) is 3.32. The molecule has 7 nitrogen and oxygen atoms in total. The van der Waals surface area contributed by atoms with Gasteiger partial charge >= 0.3 is 0 Å². The summed E-state index contributed by atoms with van der Waals surface area (Å²) in [6, 6.07) is 3.33. The summed E-state index contributed by atoms with van der Waals surface area (Å²) in [6.45, 7) is 4.34. The summed E-state index contributed by atoms with van der Waals surface area (Å²) in [5, 5.41) is 13.0. The van der Waals surface area contributed by atoms with Gasteiger partial charge in [-0.15, -0.1) is 28.1 Å². The molecule has 140 valence electrons. The van der Waals surface area contributed by atoms with Crippen LogP contribution in [0.1, 0.15) is 12.8 Å². The Morgan fingerprint density at radius 3 is 2.85 bits per heavy atom. The molecule has 0 atom stereocenters. The summed E-state index contributed by atoms with van der Waals surface area (Å²) in [5.74, 6) is 0.382. The smallest absolute Gasteiger partial charge is 0.252 e. The Bertz CT molecular complexity index is 855. The van der Waals surface area contributed by atoms with Crippen LogP contribution < -0.4 is 5.32 Å². The Labute approximate surface area is 164 Å². The highest BCUT2D eigenvalue weighted by atomic mass is 32.2. The predicted molar refractivity (Wildman–Crippen MR) is 105 cm³/mol. The molecule has 2 aromatic heterocycles. The molecule has 1 aliphatic rings. The topological polar surface area (TPSA) is 92.3 Å². The van der Waals surface area contributed by atoms with Crippen molar-refractivity contribution < 1.29 is 13.2 Å². The van der Waals surface area contributed by atoms with Crippen molar-refractivity contribution in [3.63, 3.8) is 0 Å². The first kappa shape index (κ1) is 19.5. The van der Waals surface area contributed by atoms with Gasteiger partial charge in [-0.3, -0.25) is 4.79 Å². The highest BCUT2D eigenvalue weighted by molar-refractivity contribution is 8.01. The Kier molecular flexibility index (Phi) is 6.46. The molecule has 1 N–H and O–H groups in total. The number of sulfonamides is 1. The Balaban J connectivity index is 1.54. The number of thiophene rings is 1. The summed E-state index contributed by atoms with van der Waals surface area (Å²) < 4.78 is 27.6. The fourth-order valence-corrected chi connectivity index (χ4v) is 6.68. The zero-order chi connectivity index (χ0) is 18.6. The van der Waals surface area contributed by atoms with Crippen LogP contribution in [0.25, 0.3) is 0 Å². The summed E-state index contributed by atoms with van der Waals surface area (Å²) in [7, 11) is -3.44. The van der Waals surface area contributed by atoms with E-state index in [1.807, 2.05) is 0 Å². The van der Waals surface area contributed by atoms with Crippen LogP contribution in [0.4, 0.5) is 5.13 Å². The van der Waals surface area contributed by atoms with E-state index in [1.165, 1.54) is 38.7 Å². The van der Waals surface area contributed by atoms with Crippen molar-refractivity contribution in [2.24, 2.45) is 5.92 Å². The standard InChI is InChI=1S/C15H18N4O3S4/c1-2-9-24-15-18-17-14(25-15)16-13(20)11-5-7-19(8-6-11)26(21,22)12-4-3-10-23-12/h2-4,10-11H,1,5-9H2,(H,16,17,20). The molecule has 1 aliphatic heterocycles. The number of nitrogens with zero attached hydrogens (tertiary/aromatic N) is 3. The molecular formula is C15H18N4O3S4. The van der Waals surface area contributed by atoms with Crippen LogP contribution in [0.15, 0.2) is 38.7 Å². The number of amides is 1. The molecule has 11 heteroatoms. The van der Waals surface area contributed by atoms with Gasteiger partial charge in [0.05, 0.1) is 0 Å². The van der Waals surface area contributed by atoms with Gasteiger partial charge < -0.3 is 5.32 Å². The summed E-state index contributed by atoms with van der Waals surface area (Å²) in [4.78, 5) is 12.4. The monoisotopic (exact) mass is 430 g/mol. The van der Waals surface area contributed by atoms with Gasteiger partial charge in [-0.05, 0) is 24.3 Å². The second kappa shape index (κ2) is 8.61. The van der Waals surface area contributed by atoms with Crippen LogP contribution in [-0.4, -0.2) is 47.7 Å². The van der Waals surface area contributed by atoms with Crippen molar-refractivity contribution in [3.05, 3.63) is 30.2 Å². The van der Waals surface area contributed by atoms with Crippen LogP contribution in [-0.2, 0) is 14.8 Å². The molecule has 0 bridgehead atoms. The van der Waals surface area contributed by atoms with Gasteiger partial charge in [0.1, 0.15) is 4.21 Å². The second-order valence-corrected chi connectivity index (χ2v) is 10.9. The number of carbonyl (C=O) groups excluding carboxylic acids is 1. The fraction of sp³-hybridized carbons (Fsp3) is 0.400. The minimum Gasteiger partial charge on any atom is -0.300 e. The Morgan fingerprint density at radius 1 is 1.42 bits per heavy atom. The van der Waals surface area contributed by atoms with Crippen molar-refractivity contribution in [1.29, 1.82) is 0 Å². The van der Waals surface area contributed by atoms with Crippen LogP contribution >= 0.6 is 34.4 Å². The first-order chi connectivity index (χ1) is 12.5. The van der Waals surface area contributed by atoms with Crippen LogP contribution in [0.5, 0.6) is 0 Å². The Hall–Kier alpha value is -1.27. The molecular weight excluding hydrogens is 412 g/mol. The lowest BCUT2D eigenvalue weighted by atomic mass is 9.97. The number of nitrogens with one attached hydrogen (secondary N) is 1. The summed E-state index contributed by atoms with van der Waals surface area (Å²) in [6.07, 6.45) is 2.77. The number of piperidine rings is 1. The van der Waals surface area contributed by atoms with E-state index in [0.29, 0.717) is 35.3 Å². The van der Waals surface area contributed by atoms with Gasteiger partial charge in [0.2, 0.25) is 11.0 Å². The lowest BCUT2D eigenvalue weighted by molar-refractivity contribution is -0.120. The Morgan fingerprint density at radius 2 is 2.19 bits per heavy atom. The summed E-state index contributed by atoms with van der Waals surface area (Å²) in [5.41, 5.74) is 0. The quantitative estimate of drug-likeness (QED) is 0.412. The molecule has 3 heterocycles. The van der Waals surface area contributed by atoms with E-state index in [9.17, 15) is 13.2 Å². The van der Waals surface area contributed by atoms with Gasteiger partial charge in [0, 0.05) is 24.8 Å². The van der Waals surface area contributed by atoms with Crippen LogP contribution in [0.2, 0.25) is 0 Å². The molecule has 1 amide bonds. The van der Waals surface area contributed by atoms with E-state index in [2.05, 4.69) is 22.1 Å². The zero-order valence-corrected chi connectivity index (χ0v) is 17.1. The largest absolute Gasteiger partial charge is 0.300 e. The third-order valence-corrected chi connectivity index (χ3v) is 9.11. The molecule has 0 spiro atoms. The summed E-state index contributed by atoms with van der Waals surface area (Å²) >= 11 is 4.04. The normalized spacial score (nSPS) is 16.5. The number of thioether (sulfide) groups is 1. The maximum absolute atomic E-state index is 12.5. The minimum atomic E-state index is -3.44. The number of hydrogen-bond donors (Lipinski definition) is 1. The van der Waals surface area contributed by atoms with Crippen molar-refractivity contribution in [3.8, 4) is 0 Å². The third-order valence-electron chi connectivity index (χ3n) is 3.88. The molecule has 0 aromatic carbocycles. The number of aromatic nitrogens is 2. The number of rotatable bonds is 7. The first-order valence-electron chi connectivity index (χ1n) is 7.92. The second-order valence-electron chi connectivity index (χ2n) is 5.57. The zero-order valence-electron chi connectivity index (χ0n) is 13.8. The van der Waals surface area contributed by atoms with Crippen molar-refractivity contribution in [1.82, 2.24) is 14.5 Å². The minimum absolute atomic E-state index is 0.130. The van der Waals surface area contributed by atoms with Gasteiger partial charge in [-0.2, -0.15) is 4.31 Å². The number of anilines is 1. The molecule has 3 rings (SSSR count). The van der Waals surface area contributed by atoms with Crippen molar-refractivity contribution >= 4 is 55.5 Å². The maximum Gasteiger partial charge on any atom is 0.252 e. The van der Waals surface area contributed by atoms with Gasteiger partial charge in [-0.25, -0.2) is 8.42 Å². The van der Waals surface area contributed by atoms with Gasteiger partial charge in [-0.1, -0.05) is 35.2 Å². The van der Waals surface area contributed by atoms with E-state index < -0.39 is 10.0 Å². The maximum atomic E-state index is 12.5. The molecule has 2 aromatic rings. The van der Waals surface area contributed by atoms with Gasteiger partial charge in [0.15, 0.2) is 4.34 Å². The van der Waals surface area contributed by atoms with Gasteiger partial charge in [0.25, 0.3) is 10.0 Å². The van der Waals surface area contributed by atoms with E-state index >= 15 is 0 Å². The van der Waals surface area contributed by atoms with E-state index in [4.69, 9.17) is 0 Å². The number of carbonyl (C=O) groups is 1. The van der Waals surface area contributed by atoms with Crippen LogP contribution in [0.3, 0.4) is 0 Å². The predicted octanol–water partition coefficient (Wildman–Crippen LogP) is 2.92. The van der Waals surface area contributed by atoms with Crippen molar-refractivity contribution in [2.75, 3.05) is 24.2 Å². The average molecular weight is 431 g/mol. The fourth-order valence-electron chi connectivity index (χ4n) is 2.55. The molecule has 0 unspecified atom stereocenters. The van der Waals surface area contributed by atoms with Crippen LogP contribution in [0, 0.1) is 5.92 Å². The van der Waals surface area contributed by atoms with Crippen molar-refractivity contribution in [2.45, 2.75) is 21.4 Å². The SMILES string of the molecule is C=CCSc1nnc(NC(=O)C2CCN(S(=O)(=O)c3cccs3)CC2)s1. The lowest BCUT2D eigenvalue weighted by Gasteiger charge is -2.29. The third kappa shape index (κ3) is 4.52. The van der Waals surface area contributed by atoms with E-state index in [0.717, 1.165) is 10.1 Å². The first-order valence-corrected chi connectivity index (χ1v) is 12.0. The molecule has 0 radical (unpaired) electrons. The number of hydrogen-bond acceptors (Lipinski definition) is 8. The molecule has 1 saturated heterocycles. The molecule has 1 fully saturated rings. The highest BCUT2D eigenvalue weighted by Gasteiger charge is 2.32. The highest BCUT2D eigenvalue weighted by Crippen LogP contribution is 2.29. The van der Waals surface area contributed by atoms with E-state index in [1.54, 1.807) is 23.6 Å².